The fraction of sp³-hybridized carbons (Fsp3) is 0.217. The third-order valence-electron chi connectivity index (χ3n) is 5.84. The predicted octanol–water partition coefficient (Wildman–Crippen LogP) is 3.99. The Hall–Kier alpha value is -2.47. The maximum atomic E-state index is 13.6. The molecule has 0 spiro atoms. The smallest absolute Gasteiger partial charge is 0.244 e. The Balaban J connectivity index is 1.64. The van der Waals surface area contributed by atoms with Gasteiger partial charge in [0.05, 0.1) is 10.9 Å². The third kappa shape index (κ3) is 2.78. The Labute approximate surface area is 166 Å². The van der Waals surface area contributed by atoms with Crippen LogP contribution in [0.2, 0.25) is 0 Å². The summed E-state index contributed by atoms with van der Waals surface area (Å²) in [4.78, 5) is 2.70. The second-order valence-electron chi connectivity index (χ2n) is 7.37. The van der Waals surface area contributed by atoms with Crippen LogP contribution in [0.25, 0.3) is 0 Å². The van der Waals surface area contributed by atoms with Gasteiger partial charge in [-0.25, -0.2) is 8.42 Å². The van der Waals surface area contributed by atoms with E-state index in [9.17, 15) is 8.42 Å². The van der Waals surface area contributed by atoms with Crippen LogP contribution in [-0.4, -0.2) is 30.7 Å². The van der Waals surface area contributed by atoms with Crippen molar-refractivity contribution in [1.82, 2.24) is 9.21 Å². The maximum absolute atomic E-state index is 13.6. The number of hydrogen-bond donors (Lipinski definition) is 0. The van der Waals surface area contributed by atoms with E-state index in [1.165, 1.54) is 11.1 Å². The number of fused-ring (bicyclic) bond motifs is 3. The van der Waals surface area contributed by atoms with E-state index in [1.807, 2.05) is 42.5 Å². The van der Waals surface area contributed by atoms with Crippen LogP contribution in [0.5, 0.6) is 0 Å². The van der Waals surface area contributed by atoms with Gasteiger partial charge in [0, 0.05) is 13.1 Å². The molecule has 0 saturated carbocycles. The zero-order valence-corrected chi connectivity index (χ0v) is 16.3. The quantitative estimate of drug-likeness (QED) is 0.679. The summed E-state index contributed by atoms with van der Waals surface area (Å²) in [6.07, 6.45) is 0.652. The molecule has 0 bridgehead atoms. The monoisotopic (exact) mass is 390 g/mol. The summed E-state index contributed by atoms with van der Waals surface area (Å²) in [5, 5.41) is 0. The molecule has 1 saturated heterocycles. The molecule has 0 amide bonds. The second kappa shape index (κ2) is 6.85. The number of rotatable bonds is 3. The van der Waals surface area contributed by atoms with Crippen LogP contribution in [0.15, 0.2) is 89.8 Å². The lowest BCUT2D eigenvalue weighted by Gasteiger charge is -2.35. The zero-order chi connectivity index (χ0) is 19.1. The lowest BCUT2D eigenvalue weighted by atomic mass is 9.93. The van der Waals surface area contributed by atoms with Crippen molar-refractivity contribution in [2.45, 2.75) is 23.5 Å². The topological polar surface area (TPSA) is 40.6 Å². The highest BCUT2D eigenvalue weighted by atomic mass is 32.2. The van der Waals surface area contributed by atoms with Crippen molar-refractivity contribution in [2.24, 2.45) is 0 Å². The Morgan fingerprint density at radius 3 is 2.18 bits per heavy atom. The Kier molecular flexibility index (Phi) is 4.31. The average molecular weight is 391 g/mol. The number of sulfonamides is 1. The molecule has 0 aliphatic carbocycles. The lowest BCUT2D eigenvalue weighted by molar-refractivity contribution is 0.154. The van der Waals surface area contributed by atoms with Gasteiger partial charge in [-0.2, -0.15) is 4.31 Å². The minimum atomic E-state index is -3.61. The summed E-state index contributed by atoms with van der Waals surface area (Å²) in [6, 6.07) is 27.3. The first-order valence-electron chi connectivity index (χ1n) is 9.61. The summed E-state index contributed by atoms with van der Waals surface area (Å²) in [7, 11) is -3.61. The normalized spacial score (nSPS) is 22.6. The number of benzene rings is 3. The van der Waals surface area contributed by atoms with Gasteiger partial charge in [0.25, 0.3) is 0 Å². The van der Waals surface area contributed by atoms with Gasteiger partial charge >= 0.3 is 0 Å². The zero-order valence-electron chi connectivity index (χ0n) is 15.5. The molecule has 0 aromatic heterocycles. The van der Waals surface area contributed by atoms with E-state index in [-0.39, 0.29) is 12.2 Å². The van der Waals surface area contributed by atoms with Gasteiger partial charge in [-0.3, -0.25) is 4.90 Å². The van der Waals surface area contributed by atoms with Gasteiger partial charge in [0.15, 0.2) is 0 Å². The van der Waals surface area contributed by atoms with Crippen LogP contribution in [0, 0.1) is 0 Å². The van der Waals surface area contributed by atoms with Crippen LogP contribution in [0.4, 0.5) is 0 Å². The number of hydrogen-bond acceptors (Lipinski definition) is 3. The van der Waals surface area contributed by atoms with Gasteiger partial charge < -0.3 is 0 Å². The highest BCUT2D eigenvalue weighted by Crippen LogP contribution is 2.46. The van der Waals surface area contributed by atoms with Crippen LogP contribution < -0.4 is 0 Å². The lowest BCUT2D eigenvalue weighted by Crippen LogP contribution is -2.37. The molecule has 0 radical (unpaired) electrons. The van der Waals surface area contributed by atoms with Crippen molar-refractivity contribution in [3.8, 4) is 0 Å². The average Bonchev–Trinajstić information content (AvgIpc) is 3.16. The molecule has 3 aromatic rings. The third-order valence-corrected chi connectivity index (χ3v) is 7.68. The Morgan fingerprint density at radius 2 is 1.43 bits per heavy atom. The molecule has 2 atom stereocenters. The van der Waals surface area contributed by atoms with E-state index in [0.717, 1.165) is 18.5 Å². The summed E-state index contributed by atoms with van der Waals surface area (Å²) < 4.78 is 28.8. The van der Waals surface area contributed by atoms with Gasteiger partial charge in [0.2, 0.25) is 10.0 Å². The van der Waals surface area contributed by atoms with Crippen molar-refractivity contribution in [2.75, 3.05) is 13.1 Å². The molecule has 28 heavy (non-hydrogen) atoms. The minimum absolute atomic E-state index is 0.0774. The number of nitrogens with zero attached hydrogens (tertiary/aromatic N) is 2. The molecule has 2 aliphatic heterocycles. The van der Waals surface area contributed by atoms with E-state index in [4.69, 9.17) is 0 Å². The predicted molar refractivity (Wildman–Crippen MR) is 109 cm³/mol. The van der Waals surface area contributed by atoms with Crippen molar-refractivity contribution < 1.29 is 8.42 Å². The van der Waals surface area contributed by atoms with E-state index < -0.39 is 10.0 Å². The summed E-state index contributed by atoms with van der Waals surface area (Å²) in [5.41, 5.74) is 3.60. The molecule has 2 aliphatic rings. The summed E-state index contributed by atoms with van der Waals surface area (Å²) in [5.74, 6) is 0. The van der Waals surface area contributed by atoms with Crippen molar-refractivity contribution in [3.05, 3.63) is 102 Å². The molecule has 5 heteroatoms. The standard InChI is InChI=1S/C23H22N2O2S/c26-28(27,20-12-5-2-6-13-20)25-17-22-21-14-8-7-9-18(21)15-16-24(22)23(25)19-10-3-1-4-11-19/h1-14,22-23H,15-17H2/t22-,23-/m0/s1. The Bertz CT molecular complexity index is 1080. The SMILES string of the molecule is O=S(=O)(c1ccccc1)N1C[C@H]2c3ccccc3CCN2[C@@H]1c1ccccc1. The maximum Gasteiger partial charge on any atom is 0.244 e. The first-order chi connectivity index (χ1) is 13.7. The van der Waals surface area contributed by atoms with Gasteiger partial charge in [0.1, 0.15) is 6.17 Å². The van der Waals surface area contributed by atoms with Crippen molar-refractivity contribution >= 4 is 10.0 Å². The molecule has 5 rings (SSSR count). The van der Waals surface area contributed by atoms with Crippen LogP contribution in [0.3, 0.4) is 0 Å². The van der Waals surface area contributed by atoms with Gasteiger partial charge in [-0.15, -0.1) is 0 Å². The van der Waals surface area contributed by atoms with Crippen LogP contribution in [-0.2, 0) is 16.4 Å². The van der Waals surface area contributed by atoms with Gasteiger partial charge in [-0.1, -0.05) is 72.8 Å². The molecule has 2 heterocycles. The molecule has 4 nitrogen and oxygen atoms in total. The molecule has 0 unspecified atom stereocenters. The fourth-order valence-corrected chi connectivity index (χ4v) is 6.16. The molecule has 142 valence electrons. The van der Waals surface area contributed by atoms with Crippen molar-refractivity contribution in [1.29, 1.82) is 0 Å². The van der Waals surface area contributed by atoms with E-state index in [0.29, 0.717) is 11.4 Å². The van der Waals surface area contributed by atoms with E-state index in [2.05, 4.69) is 23.1 Å². The molecule has 1 fully saturated rings. The fourth-order valence-electron chi connectivity index (χ4n) is 4.54. The van der Waals surface area contributed by atoms with Crippen molar-refractivity contribution in [3.63, 3.8) is 0 Å². The first kappa shape index (κ1) is 17.6. The van der Waals surface area contributed by atoms with E-state index >= 15 is 0 Å². The minimum Gasteiger partial charge on any atom is -0.274 e. The van der Waals surface area contributed by atoms with E-state index in [1.54, 1.807) is 28.6 Å². The highest BCUT2D eigenvalue weighted by molar-refractivity contribution is 7.89. The van der Waals surface area contributed by atoms with Gasteiger partial charge in [-0.05, 0) is 35.2 Å². The highest BCUT2D eigenvalue weighted by Gasteiger charge is 2.48. The largest absolute Gasteiger partial charge is 0.274 e. The molecule has 0 N–H and O–H groups in total. The van der Waals surface area contributed by atoms with Crippen LogP contribution >= 0.6 is 0 Å². The Morgan fingerprint density at radius 1 is 0.786 bits per heavy atom. The molecule has 3 aromatic carbocycles. The molecular formula is C23H22N2O2S. The molecular weight excluding hydrogens is 368 g/mol. The van der Waals surface area contributed by atoms with Crippen LogP contribution in [0.1, 0.15) is 28.9 Å². The first-order valence-corrected chi connectivity index (χ1v) is 11.1. The summed E-state index contributed by atoms with van der Waals surface area (Å²) >= 11 is 0. The summed E-state index contributed by atoms with van der Waals surface area (Å²) in [6.45, 7) is 1.32. The second-order valence-corrected chi connectivity index (χ2v) is 9.27.